The van der Waals surface area contributed by atoms with E-state index in [1.165, 1.54) is 24.7 Å². The number of esters is 1. The largest absolute Gasteiger partial charge is 0.494 e. The Bertz CT molecular complexity index is 1080. The summed E-state index contributed by atoms with van der Waals surface area (Å²) in [4.78, 5) is 36.4. The molecular weight excluding hydrogens is 352 g/mol. The summed E-state index contributed by atoms with van der Waals surface area (Å²) in [5.41, 5.74) is 0.450. The number of rotatable bonds is 3. The van der Waals surface area contributed by atoms with E-state index in [0.717, 1.165) is 4.70 Å². The fraction of sp³-hybridized carbons (Fsp3) is 0.0714. The number of hydrogen-bond donors (Lipinski definition) is 3. The van der Waals surface area contributed by atoms with Gasteiger partial charge >= 0.3 is 5.97 Å². The monoisotopic (exact) mass is 362 g/mol. The van der Waals surface area contributed by atoms with Crippen molar-refractivity contribution >= 4 is 51.1 Å². The molecule has 0 saturated heterocycles. The molecule has 10 heteroatoms. The minimum Gasteiger partial charge on any atom is -0.494 e. The summed E-state index contributed by atoms with van der Waals surface area (Å²) < 4.78 is 5.44. The number of ether oxygens (including phenoxy) is 1. The summed E-state index contributed by atoms with van der Waals surface area (Å²) in [6.45, 7) is 0. The number of carbonyl (C=O) groups is 1. The molecule has 3 N–H and O–H groups in total. The van der Waals surface area contributed by atoms with E-state index >= 15 is 0 Å². The van der Waals surface area contributed by atoms with Gasteiger partial charge in [0.25, 0.3) is 5.56 Å². The molecule has 0 spiro atoms. The van der Waals surface area contributed by atoms with Gasteiger partial charge in [0.1, 0.15) is 5.56 Å². The number of nitrogens with one attached hydrogen (secondary N) is 2. The molecule has 0 atom stereocenters. The van der Waals surface area contributed by atoms with Crippen LogP contribution in [-0.4, -0.2) is 39.4 Å². The van der Waals surface area contributed by atoms with Crippen molar-refractivity contribution in [3.05, 3.63) is 44.5 Å². The van der Waals surface area contributed by atoms with Gasteiger partial charge < -0.3 is 14.8 Å². The Morgan fingerprint density at radius 1 is 1.46 bits per heavy atom. The highest BCUT2D eigenvalue weighted by Crippen LogP contribution is 2.29. The number of H-pyrrole nitrogens is 2. The van der Waals surface area contributed by atoms with Crippen LogP contribution in [0.15, 0.2) is 28.0 Å². The van der Waals surface area contributed by atoms with E-state index in [1.54, 1.807) is 18.2 Å². The van der Waals surface area contributed by atoms with E-state index in [0.29, 0.717) is 16.2 Å². The van der Waals surface area contributed by atoms with Crippen LogP contribution in [0.2, 0.25) is 0 Å². The van der Waals surface area contributed by atoms with Gasteiger partial charge in [0.15, 0.2) is 4.77 Å². The molecule has 0 aliphatic rings. The summed E-state index contributed by atoms with van der Waals surface area (Å²) in [5, 5.41) is 10.1. The van der Waals surface area contributed by atoms with Gasteiger partial charge in [0, 0.05) is 6.21 Å². The van der Waals surface area contributed by atoms with E-state index in [9.17, 15) is 14.7 Å². The fourth-order valence-electron chi connectivity index (χ4n) is 1.94. The van der Waals surface area contributed by atoms with Crippen molar-refractivity contribution in [2.45, 2.75) is 0 Å². The summed E-state index contributed by atoms with van der Waals surface area (Å²) in [6.07, 6.45) is 1.19. The number of aliphatic imine (C=N–C) groups is 1. The second-order valence-electron chi connectivity index (χ2n) is 4.60. The number of thiazole rings is 1. The molecule has 0 aliphatic heterocycles. The quantitative estimate of drug-likeness (QED) is 0.373. The average Bonchev–Trinajstić information content (AvgIpc) is 2.94. The Kier molecular flexibility index (Phi) is 4.23. The van der Waals surface area contributed by atoms with Gasteiger partial charge in [-0.3, -0.25) is 9.78 Å². The second kappa shape index (κ2) is 6.34. The lowest BCUT2D eigenvalue weighted by molar-refractivity contribution is 0.0601. The first-order valence-corrected chi connectivity index (χ1v) is 7.79. The maximum atomic E-state index is 11.7. The summed E-state index contributed by atoms with van der Waals surface area (Å²) >= 11 is 5.98. The van der Waals surface area contributed by atoms with Crippen molar-refractivity contribution in [2.24, 2.45) is 4.99 Å². The number of aromatic hydroxyl groups is 1. The van der Waals surface area contributed by atoms with Gasteiger partial charge in [-0.25, -0.2) is 14.8 Å². The molecule has 2 heterocycles. The molecule has 0 bridgehead atoms. The van der Waals surface area contributed by atoms with Gasteiger partial charge in [0.05, 0.1) is 22.9 Å². The Morgan fingerprint density at radius 3 is 2.96 bits per heavy atom. The molecular formula is C14H10N4O4S2. The number of hydrogen-bond acceptors (Lipinski definition) is 8. The summed E-state index contributed by atoms with van der Waals surface area (Å²) in [5.74, 6) is -0.812. The highest BCUT2D eigenvalue weighted by Gasteiger charge is 2.10. The molecule has 0 saturated carbocycles. The lowest BCUT2D eigenvalue weighted by atomic mass is 10.2. The third-order valence-corrected chi connectivity index (χ3v) is 4.19. The molecule has 3 aromatic rings. The number of aromatic amines is 2. The Hall–Kier alpha value is -2.85. The summed E-state index contributed by atoms with van der Waals surface area (Å²) in [6, 6.07) is 4.94. The summed E-state index contributed by atoms with van der Waals surface area (Å²) in [7, 11) is 1.31. The van der Waals surface area contributed by atoms with Crippen LogP contribution >= 0.6 is 23.6 Å². The lowest BCUT2D eigenvalue weighted by Crippen LogP contribution is -2.13. The van der Waals surface area contributed by atoms with Crippen molar-refractivity contribution in [1.82, 2.24) is 15.0 Å². The van der Waals surface area contributed by atoms with Crippen LogP contribution < -0.4 is 5.56 Å². The molecule has 122 valence electrons. The van der Waals surface area contributed by atoms with E-state index in [1.807, 2.05) is 0 Å². The lowest BCUT2D eigenvalue weighted by Gasteiger charge is -1.97. The number of nitrogens with zero attached hydrogens (tertiary/aromatic N) is 2. The Morgan fingerprint density at radius 2 is 2.25 bits per heavy atom. The molecule has 0 amide bonds. The Balaban J connectivity index is 1.97. The molecule has 2 aromatic heterocycles. The predicted octanol–water partition coefficient (Wildman–Crippen LogP) is 2.28. The van der Waals surface area contributed by atoms with Crippen LogP contribution in [0.5, 0.6) is 5.88 Å². The van der Waals surface area contributed by atoms with Crippen LogP contribution in [0.25, 0.3) is 10.2 Å². The minimum absolute atomic E-state index is 0.0185. The zero-order chi connectivity index (χ0) is 17.3. The van der Waals surface area contributed by atoms with E-state index in [4.69, 9.17) is 12.2 Å². The van der Waals surface area contributed by atoms with Crippen LogP contribution in [-0.2, 0) is 4.74 Å². The van der Waals surface area contributed by atoms with Crippen LogP contribution in [0.3, 0.4) is 0 Å². The number of carbonyl (C=O) groups excluding carboxylic acids is 1. The molecule has 8 nitrogen and oxygen atoms in total. The molecule has 1 aromatic carbocycles. The van der Waals surface area contributed by atoms with Crippen molar-refractivity contribution in [2.75, 3.05) is 7.11 Å². The molecule has 3 rings (SSSR count). The maximum absolute atomic E-state index is 11.7. The molecule has 0 unspecified atom stereocenters. The first-order chi connectivity index (χ1) is 11.5. The number of benzene rings is 1. The normalized spacial score (nSPS) is 11.2. The standard InChI is InChI=1S/C14H10N4O4S2/c1-22-12(21)6-2-3-8-9(4-6)24-14(16-8)15-5-7-10(19)17-13(23)18-11(7)20/h2-5H,1H3,(H3,17,18,19,20,23)/b15-5+. The SMILES string of the molecule is COC(=O)c1ccc2nc(/N=C/c3c(O)[nH]c(=S)[nH]c3=O)sc2c1. The van der Waals surface area contributed by atoms with Crippen molar-refractivity contribution in [3.8, 4) is 5.88 Å². The fourth-order valence-corrected chi connectivity index (χ4v) is 2.98. The minimum atomic E-state index is -0.561. The van der Waals surface area contributed by atoms with E-state index in [2.05, 4.69) is 24.7 Å². The topological polar surface area (TPSA) is 120 Å². The zero-order valence-electron chi connectivity index (χ0n) is 12.2. The Labute approximate surface area is 143 Å². The third kappa shape index (κ3) is 3.09. The maximum Gasteiger partial charge on any atom is 0.337 e. The van der Waals surface area contributed by atoms with Gasteiger partial charge in [-0.1, -0.05) is 11.3 Å². The van der Waals surface area contributed by atoms with Gasteiger partial charge in [-0.15, -0.1) is 0 Å². The molecule has 0 aliphatic carbocycles. The molecule has 0 radical (unpaired) electrons. The zero-order valence-corrected chi connectivity index (χ0v) is 13.8. The van der Waals surface area contributed by atoms with Crippen LogP contribution in [0, 0.1) is 4.77 Å². The second-order valence-corrected chi connectivity index (χ2v) is 6.02. The van der Waals surface area contributed by atoms with E-state index in [-0.39, 0.29) is 16.2 Å². The van der Waals surface area contributed by atoms with Crippen LogP contribution in [0.4, 0.5) is 5.13 Å². The first kappa shape index (κ1) is 16.0. The average molecular weight is 362 g/mol. The van der Waals surface area contributed by atoms with Crippen molar-refractivity contribution in [3.63, 3.8) is 0 Å². The van der Waals surface area contributed by atoms with Crippen molar-refractivity contribution in [1.29, 1.82) is 0 Å². The van der Waals surface area contributed by atoms with Gasteiger partial charge in [-0.05, 0) is 30.4 Å². The highest BCUT2D eigenvalue weighted by atomic mass is 32.1. The smallest absolute Gasteiger partial charge is 0.337 e. The molecule has 0 fully saturated rings. The van der Waals surface area contributed by atoms with Gasteiger partial charge in [0.2, 0.25) is 11.0 Å². The third-order valence-electron chi connectivity index (χ3n) is 3.06. The van der Waals surface area contributed by atoms with Crippen molar-refractivity contribution < 1.29 is 14.6 Å². The van der Waals surface area contributed by atoms with Gasteiger partial charge in [-0.2, -0.15) is 0 Å². The number of aromatic nitrogens is 3. The number of fused-ring (bicyclic) bond motifs is 1. The highest BCUT2D eigenvalue weighted by molar-refractivity contribution is 7.71. The number of methoxy groups -OCH3 is 1. The van der Waals surface area contributed by atoms with E-state index < -0.39 is 11.5 Å². The molecule has 24 heavy (non-hydrogen) atoms. The predicted molar refractivity (Wildman–Crippen MR) is 92.1 cm³/mol. The van der Waals surface area contributed by atoms with Crippen LogP contribution in [0.1, 0.15) is 15.9 Å². The first-order valence-electron chi connectivity index (χ1n) is 6.56.